The highest BCUT2D eigenvalue weighted by molar-refractivity contribution is 7.92. The molecule has 0 radical (unpaired) electrons. The van der Waals surface area contributed by atoms with Crippen LogP contribution in [0.1, 0.15) is 30.9 Å². The van der Waals surface area contributed by atoms with Crippen molar-refractivity contribution in [1.29, 1.82) is 0 Å². The van der Waals surface area contributed by atoms with E-state index in [4.69, 9.17) is 11.5 Å². The molecule has 0 saturated heterocycles. The summed E-state index contributed by atoms with van der Waals surface area (Å²) in [7, 11) is -3.76. The Bertz CT molecular complexity index is 788. The zero-order valence-corrected chi connectivity index (χ0v) is 14.0. The van der Waals surface area contributed by atoms with Crippen LogP contribution < -0.4 is 16.2 Å². The van der Waals surface area contributed by atoms with Gasteiger partial charge in [-0.2, -0.15) is 9.97 Å². The average molecular weight is 335 g/mol. The van der Waals surface area contributed by atoms with Crippen molar-refractivity contribution in [2.24, 2.45) is 0 Å². The quantitative estimate of drug-likeness (QED) is 0.742. The normalized spacial score (nSPS) is 11.4. The van der Waals surface area contributed by atoms with Gasteiger partial charge in [-0.1, -0.05) is 31.0 Å². The predicted octanol–water partition coefficient (Wildman–Crippen LogP) is 2.09. The molecule has 5 N–H and O–H groups in total. The van der Waals surface area contributed by atoms with E-state index in [0.29, 0.717) is 12.0 Å². The lowest BCUT2D eigenvalue weighted by Crippen LogP contribution is -2.17. The lowest BCUT2D eigenvalue weighted by atomic mass is 10.1. The molecular weight excluding hydrogens is 314 g/mol. The molecule has 124 valence electrons. The highest BCUT2D eigenvalue weighted by Gasteiger charge is 2.19. The predicted molar refractivity (Wildman–Crippen MR) is 91.5 cm³/mol. The number of aryl methyl sites for hydroxylation is 1. The van der Waals surface area contributed by atoms with Crippen molar-refractivity contribution in [2.75, 3.05) is 16.2 Å². The van der Waals surface area contributed by atoms with Crippen LogP contribution in [0.4, 0.5) is 17.6 Å². The molecule has 2 aromatic rings. The van der Waals surface area contributed by atoms with E-state index in [0.717, 1.165) is 18.4 Å². The van der Waals surface area contributed by atoms with Gasteiger partial charge < -0.3 is 11.5 Å². The second-order valence-corrected chi connectivity index (χ2v) is 7.00. The summed E-state index contributed by atoms with van der Waals surface area (Å²) in [5.41, 5.74) is 13.0. The van der Waals surface area contributed by atoms with Gasteiger partial charge in [0.15, 0.2) is 5.82 Å². The molecule has 1 aromatic carbocycles. The molecule has 8 heteroatoms. The van der Waals surface area contributed by atoms with Crippen molar-refractivity contribution in [3.05, 3.63) is 35.4 Å². The lowest BCUT2D eigenvalue weighted by Gasteiger charge is -2.13. The fourth-order valence-electron chi connectivity index (χ4n) is 2.11. The number of nitrogen functional groups attached to an aromatic ring is 2. The van der Waals surface area contributed by atoms with Gasteiger partial charge >= 0.3 is 0 Å². The highest BCUT2D eigenvalue weighted by Crippen LogP contribution is 2.24. The van der Waals surface area contributed by atoms with Gasteiger partial charge in [0.05, 0.1) is 4.90 Å². The van der Waals surface area contributed by atoms with Gasteiger partial charge in [-0.05, 0) is 31.9 Å². The molecule has 0 saturated carbocycles. The molecule has 23 heavy (non-hydrogen) atoms. The Morgan fingerprint density at radius 3 is 2.39 bits per heavy atom. The van der Waals surface area contributed by atoms with Gasteiger partial charge in [0, 0.05) is 5.56 Å². The van der Waals surface area contributed by atoms with Crippen LogP contribution in [0.2, 0.25) is 0 Å². The summed E-state index contributed by atoms with van der Waals surface area (Å²) in [4.78, 5) is 8.08. The monoisotopic (exact) mass is 335 g/mol. The fourth-order valence-corrected chi connectivity index (χ4v) is 3.14. The number of nitrogens with zero attached hydrogens (tertiary/aromatic N) is 2. The maximum atomic E-state index is 12.5. The van der Waals surface area contributed by atoms with Crippen molar-refractivity contribution in [3.63, 3.8) is 0 Å². The SMILES string of the molecule is CCCCc1c(N)nc(N)nc1NS(=O)(=O)c1ccc(C)cc1. The van der Waals surface area contributed by atoms with Crippen molar-refractivity contribution >= 4 is 27.6 Å². The van der Waals surface area contributed by atoms with Crippen LogP contribution in [0, 0.1) is 6.92 Å². The molecule has 7 nitrogen and oxygen atoms in total. The number of rotatable bonds is 6. The Labute approximate surface area is 136 Å². The smallest absolute Gasteiger partial charge is 0.263 e. The number of hydrogen-bond acceptors (Lipinski definition) is 6. The molecular formula is C15H21N5O2S. The molecule has 0 fully saturated rings. The fraction of sp³-hybridized carbons (Fsp3) is 0.333. The first-order valence-corrected chi connectivity index (χ1v) is 8.83. The molecule has 0 amide bonds. The number of nitrogens with one attached hydrogen (secondary N) is 1. The standard InChI is InChI=1S/C15H21N5O2S/c1-3-4-5-12-13(16)18-15(17)19-14(12)20-23(21,22)11-8-6-10(2)7-9-11/h6-9H,3-5H2,1-2H3,(H5,16,17,18,19,20). The van der Waals surface area contributed by atoms with E-state index in [2.05, 4.69) is 14.7 Å². The van der Waals surface area contributed by atoms with E-state index in [9.17, 15) is 8.42 Å². The Morgan fingerprint density at radius 2 is 1.78 bits per heavy atom. The summed E-state index contributed by atoms with van der Waals surface area (Å²) in [5, 5.41) is 0. The van der Waals surface area contributed by atoms with Crippen LogP contribution in [0.25, 0.3) is 0 Å². The second kappa shape index (κ2) is 6.82. The summed E-state index contributed by atoms with van der Waals surface area (Å²) < 4.78 is 27.5. The summed E-state index contributed by atoms with van der Waals surface area (Å²) in [6.07, 6.45) is 2.36. The topological polar surface area (TPSA) is 124 Å². The van der Waals surface area contributed by atoms with Crippen molar-refractivity contribution in [1.82, 2.24) is 9.97 Å². The second-order valence-electron chi connectivity index (χ2n) is 5.32. The third-order valence-electron chi connectivity index (χ3n) is 3.40. The minimum absolute atomic E-state index is 0.0654. The molecule has 0 spiro atoms. The summed E-state index contributed by atoms with van der Waals surface area (Å²) in [5.74, 6) is 0.279. The van der Waals surface area contributed by atoms with Crippen LogP contribution in [-0.4, -0.2) is 18.4 Å². The van der Waals surface area contributed by atoms with Crippen LogP contribution >= 0.6 is 0 Å². The van der Waals surface area contributed by atoms with E-state index >= 15 is 0 Å². The third-order valence-corrected chi connectivity index (χ3v) is 4.75. The first kappa shape index (κ1) is 17.0. The largest absolute Gasteiger partial charge is 0.383 e. The highest BCUT2D eigenvalue weighted by atomic mass is 32.2. The number of hydrogen-bond donors (Lipinski definition) is 3. The molecule has 0 bridgehead atoms. The third kappa shape index (κ3) is 4.10. The van der Waals surface area contributed by atoms with Crippen LogP contribution in [0.5, 0.6) is 0 Å². The minimum atomic E-state index is -3.76. The number of anilines is 3. The van der Waals surface area contributed by atoms with Gasteiger partial charge in [-0.3, -0.25) is 4.72 Å². The van der Waals surface area contributed by atoms with Crippen molar-refractivity contribution in [2.45, 2.75) is 38.0 Å². The molecule has 2 rings (SSSR count). The van der Waals surface area contributed by atoms with Gasteiger partial charge in [-0.25, -0.2) is 8.42 Å². The Hall–Kier alpha value is -2.35. The van der Waals surface area contributed by atoms with E-state index in [1.54, 1.807) is 12.1 Å². The summed E-state index contributed by atoms with van der Waals surface area (Å²) >= 11 is 0. The van der Waals surface area contributed by atoms with Gasteiger partial charge in [0.25, 0.3) is 10.0 Å². The van der Waals surface area contributed by atoms with E-state index in [1.807, 2.05) is 13.8 Å². The Kier molecular flexibility index (Phi) is 5.05. The number of benzene rings is 1. The van der Waals surface area contributed by atoms with Gasteiger partial charge in [-0.15, -0.1) is 0 Å². The molecule has 0 aliphatic rings. The minimum Gasteiger partial charge on any atom is -0.383 e. The maximum absolute atomic E-state index is 12.5. The van der Waals surface area contributed by atoms with E-state index < -0.39 is 10.0 Å². The van der Waals surface area contributed by atoms with Crippen LogP contribution in [0.15, 0.2) is 29.2 Å². The number of nitrogens with two attached hydrogens (primary N) is 2. The van der Waals surface area contributed by atoms with E-state index in [-0.39, 0.29) is 22.5 Å². The molecule has 1 aromatic heterocycles. The van der Waals surface area contributed by atoms with Gasteiger partial charge in [0.1, 0.15) is 5.82 Å². The Balaban J connectivity index is 2.39. The Morgan fingerprint density at radius 1 is 1.13 bits per heavy atom. The van der Waals surface area contributed by atoms with Gasteiger partial charge in [0.2, 0.25) is 5.95 Å². The molecule has 1 heterocycles. The average Bonchev–Trinajstić information content (AvgIpc) is 2.46. The number of aromatic nitrogens is 2. The molecule has 0 aliphatic heterocycles. The number of unbranched alkanes of at least 4 members (excludes halogenated alkanes) is 1. The van der Waals surface area contributed by atoms with Crippen LogP contribution in [-0.2, 0) is 16.4 Å². The van der Waals surface area contributed by atoms with Crippen LogP contribution in [0.3, 0.4) is 0 Å². The molecule has 0 aliphatic carbocycles. The lowest BCUT2D eigenvalue weighted by molar-refractivity contribution is 0.601. The van der Waals surface area contributed by atoms with E-state index in [1.165, 1.54) is 12.1 Å². The van der Waals surface area contributed by atoms with Crippen molar-refractivity contribution in [3.8, 4) is 0 Å². The molecule has 0 atom stereocenters. The summed E-state index contributed by atoms with van der Waals surface area (Å²) in [6.45, 7) is 3.92. The zero-order chi connectivity index (χ0) is 17.0. The first-order valence-electron chi connectivity index (χ1n) is 7.35. The first-order chi connectivity index (χ1) is 10.8. The summed E-state index contributed by atoms with van der Waals surface area (Å²) in [6, 6.07) is 6.54. The van der Waals surface area contributed by atoms with Crippen molar-refractivity contribution < 1.29 is 8.42 Å². The zero-order valence-electron chi connectivity index (χ0n) is 13.2. The maximum Gasteiger partial charge on any atom is 0.263 e. The number of sulfonamides is 1. The molecule has 0 unspecified atom stereocenters.